The third-order valence-electron chi connectivity index (χ3n) is 4.30. The molecule has 2 amide bonds. The average Bonchev–Trinajstić information content (AvgIpc) is 2.68. The fourth-order valence-corrected chi connectivity index (χ4v) is 3.05. The van der Waals surface area contributed by atoms with E-state index in [9.17, 15) is 9.59 Å². The quantitative estimate of drug-likeness (QED) is 0.812. The highest BCUT2D eigenvalue weighted by Crippen LogP contribution is 2.21. The van der Waals surface area contributed by atoms with Gasteiger partial charge in [0.25, 0.3) is 11.8 Å². The van der Waals surface area contributed by atoms with Gasteiger partial charge >= 0.3 is 0 Å². The Bertz CT molecular complexity index is 775. The summed E-state index contributed by atoms with van der Waals surface area (Å²) in [6.07, 6.45) is 0. The summed E-state index contributed by atoms with van der Waals surface area (Å²) in [6.45, 7) is 2.75. The highest BCUT2D eigenvalue weighted by molar-refractivity contribution is 6.54. The number of nitrogens with one attached hydrogen (secondary N) is 1. The maximum absolute atomic E-state index is 12.9. The minimum Gasteiger partial charge on any atom is -0.368 e. The van der Waals surface area contributed by atoms with E-state index < -0.39 is 10.7 Å². The number of piperazine rings is 1. The van der Waals surface area contributed by atoms with Gasteiger partial charge in [-0.15, -0.1) is 0 Å². The molecule has 0 bridgehead atoms. The lowest BCUT2D eigenvalue weighted by Gasteiger charge is -2.36. The molecule has 0 saturated carbocycles. The molecule has 1 heterocycles. The van der Waals surface area contributed by atoms with Gasteiger partial charge in [-0.1, -0.05) is 53.5 Å². The summed E-state index contributed by atoms with van der Waals surface area (Å²) in [7, 11) is 0. The van der Waals surface area contributed by atoms with Crippen LogP contribution in [0.15, 0.2) is 54.6 Å². The van der Waals surface area contributed by atoms with E-state index in [2.05, 4.69) is 22.3 Å². The predicted molar refractivity (Wildman–Crippen MR) is 105 cm³/mol. The van der Waals surface area contributed by atoms with Gasteiger partial charge in [0.05, 0.1) is 11.3 Å². The second-order valence-corrected chi connectivity index (χ2v) is 7.05. The number of rotatable bonds is 4. The number of alkyl halides is 2. The lowest BCUT2D eigenvalue weighted by atomic mass is 10.1. The van der Waals surface area contributed by atoms with Crippen molar-refractivity contribution in [2.24, 2.45) is 0 Å². The summed E-state index contributed by atoms with van der Waals surface area (Å²) in [5, 5.41) is 2.60. The summed E-state index contributed by atoms with van der Waals surface area (Å²) in [5.74, 6) is -0.670. The topological polar surface area (TPSA) is 52.7 Å². The van der Waals surface area contributed by atoms with Gasteiger partial charge in [0, 0.05) is 31.9 Å². The van der Waals surface area contributed by atoms with Crippen molar-refractivity contribution in [3.8, 4) is 0 Å². The lowest BCUT2D eigenvalue weighted by molar-refractivity contribution is -0.114. The van der Waals surface area contributed by atoms with Crippen LogP contribution in [0.2, 0.25) is 0 Å². The molecule has 1 aliphatic rings. The van der Waals surface area contributed by atoms with Gasteiger partial charge in [-0.05, 0) is 24.3 Å². The molecule has 0 spiro atoms. The van der Waals surface area contributed by atoms with Crippen LogP contribution < -0.4 is 10.2 Å². The van der Waals surface area contributed by atoms with Crippen LogP contribution in [0.5, 0.6) is 0 Å². The Kier molecular flexibility index (Phi) is 6.01. The molecule has 136 valence electrons. The molecule has 0 atom stereocenters. The van der Waals surface area contributed by atoms with E-state index in [1.165, 1.54) is 0 Å². The summed E-state index contributed by atoms with van der Waals surface area (Å²) in [5.41, 5.74) is 2.00. The highest BCUT2D eigenvalue weighted by Gasteiger charge is 2.24. The standard InChI is InChI=1S/C19H19Cl2N3O2/c20-17(21)18(25)22-16-9-5-4-8-15(16)19(26)24-12-10-23(11-13-24)14-6-2-1-3-7-14/h1-9,17H,10-13H2,(H,22,25). The molecular weight excluding hydrogens is 373 g/mol. The zero-order valence-corrected chi connectivity index (χ0v) is 15.6. The minimum absolute atomic E-state index is 0.116. The lowest BCUT2D eigenvalue weighted by Crippen LogP contribution is -2.49. The summed E-state index contributed by atoms with van der Waals surface area (Å²) in [6, 6.07) is 17.0. The maximum atomic E-state index is 12.9. The van der Waals surface area contributed by atoms with E-state index in [1.807, 2.05) is 18.2 Å². The molecule has 0 radical (unpaired) electrons. The van der Waals surface area contributed by atoms with Gasteiger partial charge in [0.15, 0.2) is 4.84 Å². The number of nitrogens with zero attached hydrogens (tertiary/aromatic N) is 2. The zero-order valence-electron chi connectivity index (χ0n) is 14.1. The minimum atomic E-state index is -1.19. The molecule has 0 unspecified atom stereocenters. The van der Waals surface area contributed by atoms with Gasteiger partial charge in [-0.3, -0.25) is 9.59 Å². The largest absolute Gasteiger partial charge is 0.368 e. The summed E-state index contributed by atoms with van der Waals surface area (Å²) in [4.78, 5) is 27.5. The molecule has 1 fully saturated rings. The number of para-hydroxylation sites is 2. The third kappa shape index (κ3) is 4.29. The molecule has 5 nitrogen and oxygen atoms in total. The molecule has 3 rings (SSSR count). The van der Waals surface area contributed by atoms with E-state index in [4.69, 9.17) is 23.2 Å². The number of carbonyl (C=O) groups excluding carboxylic acids is 2. The van der Waals surface area contributed by atoms with Crippen molar-refractivity contribution in [3.05, 3.63) is 60.2 Å². The fraction of sp³-hybridized carbons (Fsp3) is 0.263. The number of carbonyl (C=O) groups is 2. The van der Waals surface area contributed by atoms with Crippen LogP contribution >= 0.6 is 23.2 Å². The normalized spacial score (nSPS) is 14.4. The van der Waals surface area contributed by atoms with Crippen molar-refractivity contribution in [2.45, 2.75) is 4.84 Å². The van der Waals surface area contributed by atoms with E-state index >= 15 is 0 Å². The first-order valence-electron chi connectivity index (χ1n) is 8.33. The van der Waals surface area contributed by atoms with Gasteiger partial charge in [-0.25, -0.2) is 0 Å². The zero-order chi connectivity index (χ0) is 18.5. The van der Waals surface area contributed by atoms with Crippen LogP contribution in [0.4, 0.5) is 11.4 Å². The Balaban J connectivity index is 1.68. The predicted octanol–water partition coefficient (Wildman–Crippen LogP) is 3.39. The highest BCUT2D eigenvalue weighted by atomic mass is 35.5. The maximum Gasteiger partial charge on any atom is 0.257 e. The fourth-order valence-electron chi connectivity index (χ4n) is 2.94. The molecule has 1 aliphatic heterocycles. The first-order chi connectivity index (χ1) is 12.6. The Morgan fingerprint density at radius 1 is 0.885 bits per heavy atom. The summed E-state index contributed by atoms with van der Waals surface area (Å²) < 4.78 is 0. The molecule has 1 N–H and O–H groups in total. The van der Waals surface area contributed by atoms with E-state index in [-0.39, 0.29) is 5.91 Å². The van der Waals surface area contributed by atoms with Gasteiger partial charge in [0.2, 0.25) is 0 Å². The first kappa shape index (κ1) is 18.5. The molecule has 0 aromatic heterocycles. The van der Waals surface area contributed by atoms with Crippen LogP contribution in [-0.2, 0) is 4.79 Å². The summed E-state index contributed by atoms with van der Waals surface area (Å²) >= 11 is 11.2. The van der Waals surface area contributed by atoms with Crippen molar-refractivity contribution < 1.29 is 9.59 Å². The first-order valence-corrected chi connectivity index (χ1v) is 9.21. The Morgan fingerprint density at radius 2 is 1.50 bits per heavy atom. The molecular formula is C19H19Cl2N3O2. The van der Waals surface area contributed by atoms with Crippen molar-refractivity contribution in [1.29, 1.82) is 0 Å². The van der Waals surface area contributed by atoms with E-state index in [0.29, 0.717) is 24.3 Å². The molecule has 7 heteroatoms. The number of hydrogen-bond acceptors (Lipinski definition) is 3. The van der Waals surface area contributed by atoms with Crippen LogP contribution in [-0.4, -0.2) is 47.7 Å². The Morgan fingerprint density at radius 3 is 2.15 bits per heavy atom. The van der Waals surface area contributed by atoms with Crippen molar-refractivity contribution in [2.75, 3.05) is 36.4 Å². The molecule has 0 aliphatic carbocycles. The van der Waals surface area contributed by atoms with Crippen LogP contribution in [0, 0.1) is 0 Å². The Labute approximate surface area is 162 Å². The second kappa shape index (κ2) is 8.43. The molecule has 26 heavy (non-hydrogen) atoms. The third-order valence-corrected chi connectivity index (χ3v) is 4.70. The Hall–Kier alpha value is -2.24. The van der Waals surface area contributed by atoms with Crippen molar-refractivity contribution >= 4 is 46.4 Å². The van der Waals surface area contributed by atoms with Gasteiger partial charge in [0.1, 0.15) is 0 Å². The number of benzene rings is 2. The molecule has 2 aromatic rings. The number of amides is 2. The smallest absolute Gasteiger partial charge is 0.257 e. The van der Waals surface area contributed by atoms with E-state index in [0.717, 1.165) is 18.8 Å². The number of anilines is 2. The van der Waals surface area contributed by atoms with Crippen LogP contribution in [0.3, 0.4) is 0 Å². The number of hydrogen-bond donors (Lipinski definition) is 1. The number of halogens is 2. The van der Waals surface area contributed by atoms with Gasteiger partial charge < -0.3 is 15.1 Å². The molecule has 2 aromatic carbocycles. The molecule has 1 saturated heterocycles. The van der Waals surface area contributed by atoms with Crippen molar-refractivity contribution in [3.63, 3.8) is 0 Å². The van der Waals surface area contributed by atoms with Crippen LogP contribution in [0.1, 0.15) is 10.4 Å². The van der Waals surface area contributed by atoms with E-state index in [1.54, 1.807) is 29.2 Å². The van der Waals surface area contributed by atoms with Crippen molar-refractivity contribution in [1.82, 2.24) is 4.90 Å². The average molecular weight is 392 g/mol. The van der Waals surface area contributed by atoms with Crippen LogP contribution in [0.25, 0.3) is 0 Å². The SMILES string of the molecule is O=C(Nc1ccccc1C(=O)N1CCN(c2ccccc2)CC1)C(Cl)Cl. The van der Waals surface area contributed by atoms with Gasteiger partial charge in [-0.2, -0.15) is 0 Å². The second-order valence-electron chi connectivity index (χ2n) is 5.95. The monoisotopic (exact) mass is 391 g/mol.